The number of hydrogen-bond acceptors (Lipinski definition) is 5. The third kappa shape index (κ3) is 3.84. The van der Waals surface area contributed by atoms with E-state index in [0.717, 1.165) is 0 Å². The fourth-order valence-corrected chi connectivity index (χ4v) is 3.04. The van der Waals surface area contributed by atoms with Crippen LogP contribution in [0.3, 0.4) is 0 Å². The van der Waals surface area contributed by atoms with E-state index in [-0.39, 0.29) is 11.4 Å². The van der Waals surface area contributed by atoms with Crippen LogP contribution in [0.4, 0.5) is 16.2 Å². The minimum atomic E-state index is -1.01. The number of amidine groups is 1. The second-order valence-corrected chi connectivity index (χ2v) is 6.28. The van der Waals surface area contributed by atoms with Gasteiger partial charge in [-0.15, -0.1) is 0 Å². The second-order valence-electron chi connectivity index (χ2n) is 6.28. The van der Waals surface area contributed by atoms with Gasteiger partial charge in [-0.2, -0.15) is 0 Å². The Morgan fingerprint density at radius 3 is 2.59 bits per heavy atom. The molecule has 1 heterocycles. The molecule has 1 aliphatic heterocycles. The quantitative estimate of drug-likeness (QED) is 0.531. The van der Waals surface area contributed by atoms with Gasteiger partial charge in [0.1, 0.15) is 11.9 Å². The van der Waals surface area contributed by atoms with E-state index in [0.29, 0.717) is 30.0 Å². The molecule has 0 radical (unpaired) electrons. The number of cyclic esters (lactones) is 1. The average molecular weight is 368 g/mol. The lowest BCUT2D eigenvalue weighted by Crippen LogP contribution is -2.33. The number of amides is 1. The molecule has 27 heavy (non-hydrogen) atoms. The average Bonchev–Trinajstić information content (AvgIpc) is 3.01. The SMILES string of the molecule is CN(CC1CN(c2ccc(C(=N)N)cc2)C(=O)O1)c1ccccc1C(=O)O. The fourth-order valence-electron chi connectivity index (χ4n) is 3.04. The van der Waals surface area contributed by atoms with Crippen molar-refractivity contribution < 1.29 is 19.4 Å². The van der Waals surface area contributed by atoms with Gasteiger partial charge in [0.05, 0.1) is 24.3 Å². The lowest BCUT2D eigenvalue weighted by atomic mass is 10.1. The van der Waals surface area contributed by atoms with Crippen LogP contribution in [0, 0.1) is 5.41 Å². The van der Waals surface area contributed by atoms with Gasteiger partial charge < -0.3 is 20.5 Å². The molecule has 1 unspecified atom stereocenters. The van der Waals surface area contributed by atoms with Crippen LogP contribution in [0.5, 0.6) is 0 Å². The number of carboxylic acids is 1. The van der Waals surface area contributed by atoms with E-state index in [1.54, 1.807) is 54.4 Å². The van der Waals surface area contributed by atoms with E-state index in [1.165, 1.54) is 11.0 Å². The zero-order valence-corrected chi connectivity index (χ0v) is 14.8. The third-order valence-corrected chi connectivity index (χ3v) is 4.39. The molecular formula is C19H20N4O4. The van der Waals surface area contributed by atoms with Crippen LogP contribution < -0.4 is 15.5 Å². The summed E-state index contributed by atoms with van der Waals surface area (Å²) in [7, 11) is 1.76. The van der Waals surface area contributed by atoms with Gasteiger partial charge in [-0.1, -0.05) is 12.1 Å². The number of nitrogens with one attached hydrogen (secondary N) is 1. The summed E-state index contributed by atoms with van der Waals surface area (Å²) in [6.07, 6.45) is -0.868. The van der Waals surface area contributed by atoms with Crippen LogP contribution in [0.25, 0.3) is 0 Å². The molecule has 1 fully saturated rings. The van der Waals surface area contributed by atoms with Gasteiger partial charge in [-0.3, -0.25) is 10.3 Å². The van der Waals surface area contributed by atoms with Crippen LogP contribution in [-0.2, 0) is 4.74 Å². The van der Waals surface area contributed by atoms with Crippen molar-refractivity contribution in [2.45, 2.75) is 6.10 Å². The molecule has 3 rings (SSSR count). The van der Waals surface area contributed by atoms with Gasteiger partial charge in [0.25, 0.3) is 0 Å². The Balaban J connectivity index is 1.70. The van der Waals surface area contributed by atoms with E-state index >= 15 is 0 Å². The molecule has 4 N–H and O–H groups in total. The van der Waals surface area contributed by atoms with Gasteiger partial charge in [0.15, 0.2) is 0 Å². The summed E-state index contributed by atoms with van der Waals surface area (Å²) in [6.45, 7) is 0.704. The number of nitrogen functional groups attached to an aromatic ring is 1. The minimum Gasteiger partial charge on any atom is -0.478 e. The summed E-state index contributed by atoms with van der Waals surface area (Å²) in [4.78, 5) is 26.9. The molecule has 1 saturated heterocycles. The molecule has 2 aromatic carbocycles. The first-order valence-electron chi connectivity index (χ1n) is 8.33. The molecule has 0 saturated carbocycles. The van der Waals surface area contributed by atoms with Crippen LogP contribution >= 0.6 is 0 Å². The molecule has 0 aromatic heterocycles. The Kier molecular flexibility index (Phi) is 4.98. The van der Waals surface area contributed by atoms with Crippen molar-refractivity contribution in [3.63, 3.8) is 0 Å². The molecular weight excluding hydrogens is 348 g/mol. The Morgan fingerprint density at radius 2 is 1.96 bits per heavy atom. The lowest BCUT2D eigenvalue weighted by Gasteiger charge is -2.23. The highest BCUT2D eigenvalue weighted by atomic mass is 16.6. The van der Waals surface area contributed by atoms with Gasteiger partial charge in [0, 0.05) is 18.3 Å². The van der Waals surface area contributed by atoms with E-state index in [2.05, 4.69) is 0 Å². The van der Waals surface area contributed by atoms with Gasteiger partial charge in [-0.25, -0.2) is 9.59 Å². The summed E-state index contributed by atoms with van der Waals surface area (Å²) >= 11 is 0. The lowest BCUT2D eigenvalue weighted by molar-refractivity contribution is 0.0697. The first kappa shape index (κ1) is 18.2. The maximum atomic E-state index is 12.2. The van der Waals surface area contributed by atoms with Crippen molar-refractivity contribution in [1.82, 2.24) is 0 Å². The molecule has 8 nitrogen and oxygen atoms in total. The van der Waals surface area contributed by atoms with Crippen LogP contribution in [-0.4, -0.2) is 49.2 Å². The Bertz CT molecular complexity index is 882. The standard InChI is InChI=1S/C19H20N4O4/c1-22(16-5-3-2-4-15(16)18(24)25)10-14-11-23(19(26)27-14)13-8-6-12(7-9-13)17(20)21/h2-9,14H,10-11H2,1H3,(H3,20,21)(H,24,25). The molecule has 8 heteroatoms. The largest absolute Gasteiger partial charge is 0.478 e. The number of carbonyl (C=O) groups is 2. The number of likely N-dealkylation sites (N-methyl/N-ethyl adjacent to an activating group) is 1. The van der Waals surface area contributed by atoms with Crippen molar-refractivity contribution in [2.75, 3.05) is 29.9 Å². The monoisotopic (exact) mass is 368 g/mol. The van der Waals surface area contributed by atoms with Crippen molar-refractivity contribution in [3.05, 3.63) is 59.7 Å². The number of hydrogen-bond donors (Lipinski definition) is 3. The summed E-state index contributed by atoms with van der Waals surface area (Å²) in [5.41, 5.74) is 7.43. The Labute approximate surface area is 156 Å². The number of nitrogens with zero attached hydrogens (tertiary/aromatic N) is 2. The normalized spacial score (nSPS) is 16.1. The molecule has 2 aromatic rings. The van der Waals surface area contributed by atoms with Gasteiger partial charge in [0.2, 0.25) is 0 Å². The molecule has 140 valence electrons. The molecule has 0 bridgehead atoms. The molecule has 1 aliphatic rings. The first-order valence-corrected chi connectivity index (χ1v) is 8.33. The zero-order chi connectivity index (χ0) is 19.6. The van der Waals surface area contributed by atoms with Crippen molar-refractivity contribution in [3.8, 4) is 0 Å². The number of aromatic carboxylic acids is 1. The number of anilines is 2. The van der Waals surface area contributed by atoms with E-state index in [1.807, 2.05) is 0 Å². The topological polar surface area (TPSA) is 120 Å². The van der Waals surface area contributed by atoms with Gasteiger partial charge in [-0.05, 0) is 36.4 Å². The van der Waals surface area contributed by atoms with Crippen LogP contribution in [0.2, 0.25) is 0 Å². The highest BCUT2D eigenvalue weighted by Crippen LogP contribution is 2.25. The summed E-state index contributed by atoms with van der Waals surface area (Å²) < 4.78 is 5.43. The van der Waals surface area contributed by atoms with E-state index < -0.39 is 18.2 Å². The minimum absolute atomic E-state index is 0.0397. The predicted octanol–water partition coefficient (Wildman–Crippen LogP) is 2.13. The first-order chi connectivity index (χ1) is 12.9. The Morgan fingerprint density at radius 1 is 1.30 bits per heavy atom. The number of benzene rings is 2. The zero-order valence-electron chi connectivity index (χ0n) is 14.8. The number of ether oxygens (including phenoxy) is 1. The molecule has 0 aliphatic carbocycles. The second kappa shape index (κ2) is 7.36. The fraction of sp³-hybridized carbons (Fsp3) is 0.211. The van der Waals surface area contributed by atoms with Crippen molar-refractivity contribution in [2.24, 2.45) is 5.73 Å². The van der Waals surface area contributed by atoms with E-state index in [4.69, 9.17) is 15.9 Å². The third-order valence-electron chi connectivity index (χ3n) is 4.39. The molecule has 1 amide bonds. The number of carboxylic acid groups (broad SMARTS) is 1. The van der Waals surface area contributed by atoms with Crippen LogP contribution in [0.15, 0.2) is 48.5 Å². The predicted molar refractivity (Wildman–Crippen MR) is 102 cm³/mol. The molecule has 1 atom stereocenters. The maximum absolute atomic E-state index is 12.2. The number of carbonyl (C=O) groups excluding carboxylic acids is 1. The highest BCUT2D eigenvalue weighted by Gasteiger charge is 2.33. The summed E-state index contributed by atoms with van der Waals surface area (Å²) in [5, 5.41) is 16.7. The number of nitrogens with two attached hydrogens (primary N) is 1. The molecule has 0 spiro atoms. The summed E-state index contributed by atoms with van der Waals surface area (Å²) in [5.74, 6) is -1.05. The number of para-hydroxylation sites is 1. The summed E-state index contributed by atoms with van der Waals surface area (Å²) in [6, 6.07) is 13.5. The van der Waals surface area contributed by atoms with Gasteiger partial charge >= 0.3 is 12.1 Å². The number of rotatable bonds is 6. The van der Waals surface area contributed by atoms with Crippen molar-refractivity contribution >= 4 is 29.3 Å². The Hall–Kier alpha value is -3.55. The highest BCUT2D eigenvalue weighted by molar-refractivity contribution is 5.96. The van der Waals surface area contributed by atoms with Crippen molar-refractivity contribution in [1.29, 1.82) is 5.41 Å². The van der Waals surface area contributed by atoms with Crippen LogP contribution in [0.1, 0.15) is 15.9 Å². The maximum Gasteiger partial charge on any atom is 0.414 e. The van der Waals surface area contributed by atoms with E-state index in [9.17, 15) is 14.7 Å². The smallest absolute Gasteiger partial charge is 0.414 e.